The molecule has 6 aliphatic carbocycles. The first-order valence-electron chi connectivity index (χ1n) is 42.7. The zero-order chi connectivity index (χ0) is 74.2. The van der Waals surface area contributed by atoms with Gasteiger partial charge in [0.1, 0.15) is 0 Å². The summed E-state index contributed by atoms with van der Waals surface area (Å²) in [7, 11) is 0. The summed E-state index contributed by atoms with van der Waals surface area (Å²) in [6, 6.07) is 127. The van der Waals surface area contributed by atoms with Gasteiger partial charge in [-0.15, -0.1) is 0 Å². The minimum atomic E-state index is -0.186. The fraction of sp³-hybridized carbons (Fsp3) is 0.208. The van der Waals surface area contributed by atoms with Gasteiger partial charge in [-0.25, -0.2) is 0 Å². The molecule has 6 nitrogen and oxygen atoms in total. The van der Waals surface area contributed by atoms with Gasteiger partial charge in [-0.1, -0.05) is 285 Å². The van der Waals surface area contributed by atoms with Crippen LogP contribution in [0.15, 0.2) is 322 Å². The average Bonchev–Trinajstić information content (AvgIpc) is 1.16. The highest BCUT2D eigenvalue weighted by Crippen LogP contribution is 2.73. The number of nitrogens with one attached hydrogen (secondary N) is 1. The molecule has 3 saturated heterocycles. The summed E-state index contributed by atoms with van der Waals surface area (Å²) >= 11 is 0. The van der Waals surface area contributed by atoms with Crippen molar-refractivity contribution >= 4 is 120 Å². The van der Waals surface area contributed by atoms with Crippen LogP contribution in [-0.2, 0) is 0 Å². The van der Waals surface area contributed by atoms with Gasteiger partial charge in [0.25, 0.3) is 13.4 Å². The predicted octanol–water partition coefficient (Wildman–Crippen LogP) is 22.3. The molecule has 0 amide bonds. The summed E-state index contributed by atoms with van der Waals surface area (Å²) in [4.78, 5) is 14.4. The second-order valence-electron chi connectivity index (χ2n) is 35.7. The molecule has 114 heavy (non-hydrogen) atoms. The van der Waals surface area contributed by atoms with Crippen molar-refractivity contribution in [3.8, 4) is 66.8 Å². The lowest BCUT2D eigenvalue weighted by Gasteiger charge is -2.66. The van der Waals surface area contributed by atoms with Gasteiger partial charge in [-0.2, -0.15) is 0 Å². The quantitative estimate of drug-likeness (QED) is 0.130. The number of para-hydroxylation sites is 5. The molecule has 10 unspecified atom stereocenters. The van der Waals surface area contributed by atoms with Crippen molar-refractivity contribution in [1.29, 1.82) is 0 Å². The maximum atomic E-state index is 4.57. The smallest absolute Gasteiger partial charge is 0.252 e. The van der Waals surface area contributed by atoms with Crippen molar-refractivity contribution in [1.82, 2.24) is 0 Å². The predicted molar refractivity (Wildman–Crippen MR) is 476 cm³/mol. The van der Waals surface area contributed by atoms with Crippen LogP contribution < -0.4 is 62.6 Å². The van der Waals surface area contributed by atoms with Gasteiger partial charge in [-0.05, 0) is 214 Å². The Morgan fingerprint density at radius 1 is 0.289 bits per heavy atom. The highest BCUT2D eigenvalue weighted by molar-refractivity contribution is 7.03. The summed E-state index contributed by atoms with van der Waals surface area (Å²) < 4.78 is 0. The van der Waals surface area contributed by atoms with Crippen molar-refractivity contribution < 1.29 is 0 Å². The van der Waals surface area contributed by atoms with Crippen LogP contribution in [0.2, 0.25) is 0 Å². The van der Waals surface area contributed by atoms with Crippen LogP contribution >= 0.6 is 0 Å². The van der Waals surface area contributed by atoms with E-state index in [9.17, 15) is 0 Å². The SMILES string of the molecule is c1ccc(-c2cccc(-c3ccccc3)c2N2c3ccccc3B3c4cc5c(cc4Nc4cc(N6C7CC8CC9CC6CC89C7)cc2c43)N(c2c(-c3ccccc3)cccc2-c2ccccc2)c2cc(N3C4CC6CC3C3CCCC6C3C4)cc3c2B5c2ccccc2N3c2c(-c3ccccc3)cccc2-c2ccccc2)cc1. The molecule has 6 saturated carbocycles. The molecule has 0 aromatic heterocycles. The summed E-state index contributed by atoms with van der Waals surface area (Å²) in [5, 5.41) is 4.57. The normalized spacial score (nSPS) is 24.4. The molecule has 14 aromatic rings. The maximum absolute atomic E-state index is 4.57. The Labute approximate surface area is 669 Å². The largest absolute Gasteiger partial charge is 0.365 e. The van der Waals surface area contributed by atoms with Crippen molar-refractivity contribution in [2.45, 2.75) is 94.8 Å². The van der Waals surface area contributed by atoms with Gasteiger partial charge >= 0.3 is 0 Å². The van der Waals surface area contributed by atoms with Gasteiger partial charge in [0.15, 0.2) is 0 Å². The fourth-order valence-corrected chi connectivity index (χ4v) is 26.6. The van der Waals surface area contributed by atoms with Gasteiger partial charge in [-0.3, -0.25) is 0 Å². The van der Waals surface area contributed by atoms with E-state index in [1.807, 2.05) is 0 Å². The third-order valence-corrected chi connectivity index (χ3v) is 30.8. The molecular formula is C106H86B2N6. The molecule has 14 aromatic carbocycles. The Kier molecular flexibility index (Phi) is 13.9. The Bertz CT molecular complexity index is 6100. The first-order chi connectivity index (χ1) is 56.5. The molecule has 7 heterocycles. The zero-order valence-corrected chi connectivity index (χ0v) is 64.0. The van der Waals surface area contributed by atoms with Gasteiger partial charge < -0.3 is 29.8 Å². The molecule has 0 radical (unpaired) electrons. The van der Waals surface area contributed by atoms with E-state index in [4.69, 9.17) is 0 Å². The summed E-state index contributed by atoms with van der Waals surface area (Å²) in [5.74, 6) is 4.91. The van der Waals surface area contributed by atoms with Crippen molar-refractivity contribution in [3.05, 3.63) is 322 Å². The van der Waals surface area contributed by atoms with E-state index < -0.39 is 0 Å². The number of hydrogen-bond donors (Lipinski definition) is 1. The van der Waals surface area contributed by atoms with Crippen LogP contribution in [-0.4, -0.2) is 37.6 Å². The Balaban J connectivity index is 0.775. The molecule has 10 atom stereocenters. The number of nitrogens with zero attached hydrogens (tertiary/aromatic N) is 5. The van der Waals surface area contributed by atoms with E-state index in [2.05, 4.69) is 351 Å². The second-order valence-corrected chi connectivity index (χ2v) is 35.7. The van der Waals surface area contributed by atoms with E-state index in [1.165, 1.54) is 244 Å². The fourth-order valence-electron chi connectivity index (χ4n) is 26.6. The third-order valence-electron chi connectivity index (χ3n) is 30.8. The van der Waals surface area contributed by atoms with E-state index in [0.29, 0.717) is 35.5 Å². The van der Waals surface area contributed by atoms with Crippen LogP contribution in [0.1, 0.15) is 70.6 Å². The van der Waals surface area contributed by atoms with Crippen LogP contribution in [0.4, 0.5) is 73.9 Å². The Morgan fingerprint density at radius 2 is 0.702 bits per heavy atom. The topological polar surface area (TPSA) is 28.2 Å². The molecule has 8 heteroatoms. The summed E-state index contributed by atoms with van der Waals surface area (Å²) in [6.07, 6.45) is 14.7. The van der Waals surface area contributed by atoms with E-state index >= 15 is 0 Å². The van der Waals surface area contributed by atoms with Crippen molar-refractivity contribution in [3.63, 3.8) is 0 Å². The first-order valence-corrected chi connectivity index (χ1v) is 42.7. The number of hydrogen-bond acceptors (Lipinski definition) is 6. The third kappa shape index (κ3) is 9.11. The Morgan fingerprint density at radius 3 is 1.18 bits per heavy atom. The van der Waals surface area contributed by atoms with Crippen LogP contribution in [0.5, 0.6) is 0 Å². The van der Waals surface area contributed by atoms with Gasteiger partial charge in [0.2, 0.25) is 0 Å². The molecule has 13 aliphatic rings. The number of benzene rings is 14. The van der Waals surface area contributed by atoms with E-state index in [0.717, 1.165) is 29.6 Å². The van der Waals surface area contributed by atoms with Crippen LogP contribution in [0.25, 0.3) is 66.8 Å². The zero-order valence-electron chi connectivity index (χ0n) is 64.0. The molecule has 1 N–H and O–H groups in total. The Hall–Kier alpha value is -12.0. The molecule has 27 rings (SSSR count). The van der Waals surface area contributed by atoms with E-state index in [-0.39, 0.29) is 13.4 Å². The van der Waals surface area contributed by atoms with E-state index in [1.54, 1.807) is 0 Å². The first kappa shape index (κ1) is 64.5. The highest BCUT2D eigenvalue weighted by atomic mass is 15.3. The van der Waals surface area contributed by atoms with Crippen molar-refractivity contribution in [2.75, 3.05) is 29.8 Å². The summed E-state index contributed by atoms with van der Waals surface area (Å²) in [6.45, 7) is -0.325. The second kappa shape index (κ2) is 24.5. The molecule has 7 aliphatic heterocycles. The lowest BCUT2D eigenvalue weighted by Crippen LogP contribution is -2.67. The summed E-state index contributed by atoms with van der Waals surface area (Å²) in [5.41, 5.74) is 39.1. The molecule has 546 valence electrons. The molecule has 9 fully saturated rings. The molecule has 1 spiro atoms. The highest BCUT2D eigenvalue weighted by Gasteiger charge is 2.69. The average molecular weight is 1470 g/mol. The van der Waals surface area contributed by atoms with Crippen LogP contribution in [0.3, 0.4) is 0 Å². The molecular weight excluding hydrogens is 1380 g/mol. The number of anilines is 13. The number of fused-ring (bicyclic) bond motifs is 10. The van der Waals surface area contributed by atoms with Crippen molar-refractivity contribution in [2.24, 2.45) is 40.9 Å². The number of rotatable bonds is 11. The van der Waals surface area contributed by atoms with Gasteiger partial charge in [0.05, 0.1) is 17.1 Å². The maximum Gasteiger partial charge on any atom is 0.252 e. The van der Waals surface area contributed by atoms with Gasteiger partial charge in [0, 0.05) is 114 Å². The number of piperidine rings is 3. The standard InChI is InChI=1S/C106H86B2N6/c1-7-27-65(28-8-1)80-40-24-41-81(66-29-9-2-10-30-66)103(80)112-94-49-21-19-47-88(94)107-90-61-91-97(62-92(90)109-93-57-75(58-98(112)101(93)107)110-77-54-72-53-73-55-78(110)64-106(72,73)63-77)114(105-84(69-35-15-5-16-36-69)44-26-45-85(105)70-37-17-6-18-38-70)100-60-76(111-74-51-71-52-96(111)86-46-23-39-79(71)87(86)56-74)59-99-102(100)108(91)89-48-20-22-50-95(89)113(99)104-82(67-31-11-3-12-32-67)42-25-43-83(104)68-33-13-4-14-34-68/h1-22,24-38,40-45,47-50,57-62,71-74,77-79,86-87,96,109H,23,39,46,51-56,63-64H2. The minimum Gasteiger partial charge on any atom is -0.365 e. The lowest BCUT2D eigenvalue weighted by molar-refractivity contribution is -0.0593. The lowest BCUT2D eigenvalue weighted by atomic mass is 9.30. The minimum absolute atomic E-state index is 0.138. The molecule has 9 bridgehead atoms. The van der Waals surface area contributed by atoms with Crippen LogP contribution in [0, 0.1) is 40.9 Å². The monoisotopic (exact) mass is 1460 g/mol.